The van der Waals surface area contributed by atoms with Gasteiger partial charge in [0.1, 0.15) is 5.82 Å². The number of aromatic nitrogens is 4. The van der Waals surface area contributed by atoms with Gasteiger partial charge in [-0.1, -0.05) is 6.07 Å². The Morgan fingerprint density at radius 1 is 1.19 bits per heavy atom. The quantitative estimate of drug-likeness (QED) is 0.534. The van der Waals surface area contributed by atoms with Gasteiger partial charge in [-0.05, 0) is 31.9 Å². The average Bonchev–Trinajstić information content (AvgIpc) is 3.40. The van der Waals surface area contributed by atoms with Gasteiger partial charge < -0.3 is 25.2 Å². The molecule has 12 heteroatoms. The number of piperidine rings is 1. The van der Waals surface area contributed by atoms with E-state index in [1.165, 1.54) is 6.26 Å². The number of benzene rings is 1. The lowest BCUT2D eigenvalue weighted by Crippen LogP contribution is -2.50. The molecule has 2 fully saturated rings. The van der Waals surface area contributed by atoms with Crippen LogP contribution in [0.5, 0.6) is 0 Å². The minimum atomic E-state index is -3.39. The van der Waals surface area contributed by atoms with Crippen molar-refractivity contribution in [3.63, 3.8) is 0 Å². The molecule has 0 aliphatic carbocycles. The molecule has 36 heavy (non-hydrogen) atoms. The molecule has 0 saturated carbocycles. The summed E-state index contributed by atoms with van der Waals surface area (Å²) in [6, 6.07) is 5.41. The minimum Gasteiger partial charge on any atom is -0.376 e. The maximum atomic E-state index is 12.5. The molecular weight excluding hydrogens is 480 g/mol. The lowest BCUT2D eigenvalue weighted by molar-refractivity contribution is 0.0974. The predicted molar refractivity (Wildman–Crippen MR) is 139 cm³/mol. The second-order valence-corrected chi connectivity index (χ2v) is 12.3. The van der Waals surface area contributed by atoms with E-state index >= 15 is 0 Å². The lowest BCUT2D eigenvalue weighted by atomic mass is 9.73. The van der Waals surface area contributed by atoms with E-state index in [9.17, 15) is 8.42 Å². The van der Waals surface area contributed by atoms with Gasteiger partial charge in [0.2, 0.25) is 0 Å². The number of nitrogens with two attached hydrogens (primary N) is 1. The summed E-state index contributed by atoms with van der Waals surface area (Å²) in [7, 11) is -1.48. The van der Waals surface area contributed by atoms with Crippen LogP contribution < -0.4 is 20.4 Å². The average molecular weight is 513 g/mol. The van der Waals surface area contributed by atoms with Crippen molar-refractivity contribution in [2.24, 2.45) is 11.1 Å². The van der Waals surface area contributed by atoms with E-state index in [1.54, 1.807) is 18.3 Å². The molecule has 192 valence electrons. The number of para-hydroxylation sites is 1. The van der Waals surface area contributed by atoms with Crippen LogP contribution in [0.3, 0.4) is 0 Å². The molecule has 1 aromatic carbocycles. The fourth-order valence-corrected chi connectivity index (χ4v) is 6.83. The summed E-state index contributed by atoms with van der Waals surface area (Å²) in [5.74, 6) is 1.45. The highest BCUT2D eigenvalue weighted by molar-refractivity contribution is 7.90. The van der Waals surface area contributed by atoms with Gasteiger partial charge in [0.15, 0.2) is 26.8 Å². The predicted octanol–water partition coefficient (Wildman–Crippen LogP) is 1.68. The Kier molecular flexibility index (Phi) is 5.39. The summed E-state index contributed by atoms with van der Waals surface area (Å²) in [6.07, 6.45) is 5.07. The van der Waals surface area contributed by atoms with Crippen LogP contribution in [0, 0.1) is 5.41 Å². The zero-order valence-corrected chi connectivity index (χ0v) is 21.6. The molecule has 5 heterocycles. The first-order valence-electron chi connectivity index (χ1n) is 12.3. The topological polar surface area (TPSA) is 134 Å². The van der Waals surface area contributed by atoms with Crippen molar-refractivity contribution in [1.82, 2.24) is 20.2 Å². The molecule has 0 bridgehead atoms. The molecular formula is C24H32N8O3S. The first-order valence-corrected chi connectivity index (χ1v) is 14.2. The van der Waals surface area contributed by atoms with Crippen molar-refractivity contribution >= 4 is 44.0 Å². The van der Waals surface area contributed by atoms with Crippen molar-refractivity contribution in [3.05, 3.63) is 24.4 Å². The van der Waals surface area contributed by atoms with Crippen LogP contribution in [0.2, 0.25) is 0 Å². The van der Waals surface area contributed by atoms with Crippen LogP contribution in [0.1, 0.15) is 19.8 Å². The summed E-state index contributed by atoms with van der Waals surface area (Å²) >= 11 is 0. The Balaban J connectivity index is 1.29. The highest BCUT2D eigenvalue weighted by Crippen LogP contribution is 2.43. The smallest absolute Gasteiger partial charge is 0.183 e. The number of sulfone groups is 1. The van der Waals surface area contributed by atoms with Gasteiger partial charge in [-0.2, -0.15) is 5.10 Å². The molecule has 0 radical (unpaired) electrons. The van der Waals surface area contributed by atoms with E-state index in [0.29, 0.717) is 40.7 Å². The van der Waals surface area contributed by atoms with E-state index in [0.717, 1.165) is 44.0 Å². The first-order chi connectivity index (χ1) is 17.2. The summed E-state index contributed by atoms with van der Waals surface area (Å²) in [4.78, 5) is 16.1. The molecule has 2 saturated heterocycles. The summed E-state index contributed by atoms with van der Waals surface area (Å²) in [5.41, 5.74) is 9.25. The highest BCUT2D eigenvalue weighted by atomic mass is 32.2. The molecule has 6 rings (SSSR count). The van der Waals surface area contributed by atoms with Crippen LogP contribution >= 0.6 is 0 Å². The second kappa shape index (κ2) is 8.29. The van der Waals surface area contributed by atoms with Gasteiger partial charge in [-0.25, -0.2) is 18.4 Å². The number of likely N-dealkylation sites (N-methyl/N-ethyl adjacent to an activating group) is 1. The number of hydrogen-bond donors (Lipinski definition) is 2. The van der Waals surface area contributed by atoms with Crippen LogP contribution in [-0.4, -0.2) is 86.8 Å². The van der Waals surface area contributed by atoms with Gasteiger partial charge >= 0.3 is 0 Å². The number of ether oxygens (including phenoxy) is 1. The van der Waals surface area contributed by atoms with Crippen molar-refractivity contribution < 1.29 is 13.2 Å². The van der Waals surface area contributed by atoms with Gasteiger partial charge in [-0.3, -0.25) is 5.10 Å². The molecule has 3 N–H and O–H groups in total. The number of fused-ring (bicyclic) bond motifs is 2. The molecule has 3 aliphatic heterocycles. The fourth-order valence-electron chi connectivity index (χ4n) is 5.89. The van der Waals surface area contributed by atoms with E-state index < -0.39 is 9.84 Å². The molecule has 11 nitrogen and oxygen atoms in total. The van der Waals surface area contributed by atoms with Gasteiger partial charge in [-0.15, -0.1) is 0 Å². The number of H-pyrrole nitrogens is 1. The monoisotopic (exact) mass is 512 g/mol. The number of nitrogens with zero attached hydrogens (tertiary/aromatic N) is 6. The molecule has 0 unspecified atom stereocenters. The van der Waals surface area contributed by atoms with Crippen molar-refractivity contribution in [2.45, 2.75) is 36.8 Å². The third-order valence-electron chi connectivity index (χ3n) is 8.13. The summed E-state index contributed by atoms with van der Waals surface area (Å²) < 4.78 is 30.8. The van der Waals surface area contributed by atoms with Crippen LogP contribution in [0.15, 0.2) is 29.3 Å². The Labute approximate surface area is 210 Å². The normalized spacial score (nSPS) is 24.1. The van der Waals surface area contributed by atoms with Crippen LogP contribution in [-0.2, 0) is 14.6 Å². The maximum Gasteiger partial charge on any atom is 0.183 e. The minimum absolute atomic E-state index is 0.0498. The van der Waals surface area contributed by atoms with Gasteiger partial charge in [0.25, 0.3) is 0 Å². The van der Waals surface area contributed by atoms with Gasteiger partial charge in [0.05, 0.1) is 35.2 Å². The Hall–Kier alpha value is -2.96. The SMILES string of the molecule is C[C@@H]1OCC2(CCN(c3cnc4c(N5CCN(C)c6c5cccc6S(C)(=O)=O)n[nH]c4n3)CC2)[C@@H]1N. The zero-order valence-electron chi connectivity index (χ0n) is 20.8. The standard InChI is InChI=1S/C24H32N8O3S/c1-15-21(25)24(14-35-15)7-9-31(10-8-24)18-13-26-19-22(27-18)28-29-23(19)32-12-11-30(2)20-16(32)5-4-6-17(20)36(3,33)34/h4-6,13,15,21H,7-12,14,25H2,1-3H3,(H,27,28,29)/t15-,21+/m0/s1. The molecule has 1 spiro atoms. The fraction of sp³-hybridized carbons (Fsp3) is 0.542. The van der Waals surface area contributed by atoms with E-state index in [2.05, 4.69) is 22.0 Å². The number of aromatic amines is 1. The largest absolute Gasteiger partial charge is 0.376 e. The van der Waals surface area contributed by atoms with Gasteiger partial charge in [0, 0.05) is 50.9 Å². The van der Waals surface area contributed by atoms with E-state index in [-0.39, 0.29) is 17.6 Å². The second-order valence-electron chi connectivity index (χ2n) is 10.3. The van der Waals surface area contributed by atoms with Crippen LogP contribution in [0.25, 0.3) is 11.2 Å². The van der Waals surface area contributed by atoms with E-state index in [4.69, 9.17) is 20.4 Å². The molecule has 0 amide bonds. The third-order valence-corrected chi connectivity index (χ3v) is 9.26. The molecule has 3 aromatic rings. The third kappa shape index (κ3) is 3.61. The van der Waals surface area contributed by atoms with Crippen molar-refractivity contribution in [1.29, 1.82) is 0 Å². The molecule has 3 aliphatic rings. The Morgan fingerprint density at radius 2 is 1.97 bits per heavy atom. The number of rotatable bonds is 3. The Morgan fingerprint density at radius 3 is 2.67 bits per heavy atom. The number of anilines is 4. The summed E-state index contributed by atoms with van der Waals surface area (Å²) in [5, 5.41) is 7.60. The Bertz CT molecular complexity index is 1420. The van der Waals surface area contributed by atoms with Crippen molar-refractivity contribution in [2.75, 3.05) is 60.8 Å². The van der Waals surface area contributed by atoms with E-state index in [1.807, 2.05) is 22.9 Å². The highest BCUT2D eigenvalue weighted by Gasteiger charge is 2.47. The maximum absolute atomic E-state index is 12.5. The molecule has 2 atom stereocenters. The lowest BCUT2D eigenvalue weighted by Gasteiger charge is -2.41. The van der Waals surface area contributed by atoms with Crippen molar-refractivity contribution in [3.8, 4) is 0 Å². The number of nitrogens with one attached hydrogen (secondary N) is 1. The van der Waals surface area contributed by atoms with Crippen LogP contribution in [0.4, 0.5) is 23.0 Å². The summed E-state index contributed by atoms with van der Waals surface area (Å²) in [6.45, 7) is 5.79. The number of hydrogen-bond acceptors (Lipinski definition) is 10. The zero-order chi connectivity index (χ0) is 25.2. The molecule has 2 aromatic heterocycles. The first kappa shape index (κ1) is 23.4.